The molecule has 1 unspecified atom stereocenters. The molecule has 0 amide bonds. The van der Waals surface area contributed by atoms with E-state index in [2.05, 4.69) is 17.4 Å². The van der Waals surface area contributed by atoms with Gasteiger partial charge in [-0.25, -0.2) is 0 Å². The Morgan fingerprint density at radius 1 is 1.06 bits per heavy atom. The second-order valence-corrected chi connectivity index (χ2v) is 4.62. The zero-order chi connectivity index (χ0) is 12.8. The smallest absolute Gasteiger partial charge is 0.0915 e. The molecule has 0 spiro atoms. The molecule has 2 rings (SSSR count). The summed E-state index contributed by atoms with van der Waals surface area (Å²) < 4.78 is 0. The van der Waals surface area contributed by atoms with Crippen molar-refractivity contribution in [2.45, 2.75) is 12.6 Å². The molecule has 1 atom stereocenters. The first-order valence-electron chi connectivity index (χ1n) is 5.94. The van der Waals surface area contributed by atoms with Gasteiger partial charge in [-0.1, -0.05) is 54.1 Å². The largest absolute Gasteiger partial charge is 0.387 e. The number of hydrogen-bond acceptors (Lipinski definition) is 2. The molecule has 2 nitrogen and oxygen atoms in total. The van der Waals surface area contributed by atoms with E-state index >= 15 is 0 Å². The maximum atomic E-state index is 10.0. The third kappa shape index (κ3) is 3.84. The fraction of sp³-hybridized carbons (Fsp3) is 0.200. The van der Waals surface area contributed by atoms with Gasteiger partial charge < -0.3 is 10.4 Å². The highest BCUT2D eigenvalue weighted by Crippen LogP contribution is 2.17. The van der Waals surface area contributed by atoms with E-state index in [-0.39, 0.29) is 0 Å². The van der Waals surface area contributed by atoms with Crippen LogP contribution in [-0.4, -0.2) is 11.7 Å². The molecule has 0 fully saturated rings. The first-order chi connectivity index (χ1) is 8.75. The van der Waals surface area contributed by atoms with Gasteiger partial charge in [0.2, 0.25) is 0 Å². The molecule has 0 heterocycles. The highest BCUT2D eigenvalue weighted by atomic mass is 35.5. The van der Waals surface area contributed by atoms with Crippen LogP contribution in [0.25, 0.3) is 0 Å². The third-order valence-corrected chi connectivity index (χ3v) is 2.98. The molecule has 3 heteroatoms. The number of nitrogens with one attached hydrogen (secondary N) is 1. The van der Waals surface area contributed by atoms with Crippen molar-refractivity contribution >= 4 is 11.6 Å². The maximum absolute atomic E-state index is 10.0. The van der Waals surface area contributed by atoms with Crippen LogP contribution in [0.4, 0.5) is 0 Å². The van der Waals surface area contributed by atoms with Crippen molar-refractivity contribution in [3.63, 3.8) is 0 Å². The maximum Gasteiger partial charge on any atom is 0.0915 e. The molecule has 0 saturated carbocycles. The highest BCUT2D eigenvalue weighted by Gasteiger charge is 2.06. The molecule has 2 N–H and O–H groups in total. The first-order valence-corrected chi connectivity index (χ1v) is 6.31. The van der Waals surface area contributed by atoms with E-state index in [0.29, 0.717) is 11.6 Å². The minimum Gasteiger partial charge on any atom is -0.387 e. The topological polar surface area (TPSA) is 32.3 Å². The van der Waals surface area contributed by atoms with Gasteiger partial charge in [0.25, 0.3) is 0 Å². The molecule has 0 aromatic heterocycles. The molecular weight excluding hydrogens is 246 g/mol. The number of rotatable bonds is 5. The summed E-state index contributed by atoms with van der Waals surface area (Å²) in [5, 5.41) is 13.9. The van der Waals surface area contributed by atoms with Crippen LogP contribution in [0.15, 0.2) is 54.6 Å². The minimum absolute atomic E-state index is 0.509. The Morgan fingerprint density at radius 3 is 2.56 bits per heavy atom. The third-order valence-electron chi connectivity index (χ3n) is 2.74. The van der Waals surface area contributed by atoms with Crippen LogP contribution in [0.3, 0.4) is 0 Å². The predicted octanol–water partition coefficient (Wildman–Crippen LogP) is 3.16. The summed E-state index contributed by atoms with van der Waals surface area (Å²) in [6.07, 6.45) is -0.535. The summed E-state index contributed by atoms with van der Waals surface area (Å²) in [5.74, 6) is 0. The second kappa shape index (κ2) is 6.55. The first kappa shape index (κ1) is 13.1. The lowest BCUT2D eigenvalue weighted by molar-refractivity contribution is 0.174. The summed E-state index contributed by atoms with van der Waals surface area (Å²) in [6, 6.07) is 17.4. The second-order valence-electron chi connectivity index (χ2n) is 4.19. The van der Waals surface area contributed by atoms with Gasteiger partial charge in [0, 0.05) is 18.1 Å². The van der Waals surface area contributed by atoms with Crippen LogP contribution in [0.2, 0.25) is 5.02 Å². The summed E-state index contributed by atoms with van der Waals surface area (Å²) in [6.45, 7) is 1.26. The van der Waals surface area contributed by atoms with Crippen LogP contribution >= 0.6 is 11.6 Å². The van der Waals surface area contributed by atoms with E-state index in [0.717, 1.165) is 12.1 Å². The number of aliphatic hydroxyl groups excluding tert-OH is 1. The fourth-order valence-electron chi connectivity index (χ4n) is 1.78. The lowest BCUT2D eigenvalue weighted by Crippen LogP contribution is -2.21. The van der Waals surface area contributed by atoms with Crippen molar-refractivity contribution in [1.82, 2.24) is 5.32 Å². The monoisotopic (exact) mass is 261 g/mol. The minimum atomic E-state index is -0.535. The van der Waals surface area contributed by atoms with Gasteiger partial charge in [-0.3, -0.25) is 0 Å². The molecule has 94 valence electrons. The molecule has 0 bridgehead atoms. The van der Waals surface area contributed by atoms with Crippen molar-refractivity contribution in [3.8, 4) is 0 Å². The number of aliphatic hydroxyl groups is 1. The van der Waals surface area contributed by atoms with Gasteiger partial charge in [0.1, 0.15) is 0 Å². The zero-order valence-electron chi connectivity index (χ0n) is 10.0. The van der Waals surface area contributed by atoms with Crippen molar-refractivity contribution in [2.75, 3.05) is 6.54 Å². The van der Waals surface area contributed by atoms with E-state index in [9.17, 15) is 5.11 Å². The number of hydrogen-bond donors (Lipinski definition) is 2. The molecule has 0 aliphatic rings. The quantitative estimate of drug-likeness (QED) is 0.867. The average molecular weight is 262 g/mol. The lowest BCUT2D eigenvalue weighted by Gasteiger charge is -2.12. The molecule has 2 aromatic carbocycles. The van der Waals surface area contributed by atoms with Crippen LogP contribution in [0.5, 0.6) is 0 Å². The standard InChI is InChI=1S/C15H16ClNO/c16-14-8-4-7-13(9-14)15(18)11-17-10-12-5-2-1-3-6-12/h1-9,15,17-18H,10-11H2. The molecule has 2 aromatic rings. The summed E-state index contributed by atoms with van der Waals surface area (Å²) in [5.41, 5.74) is 2.04. The van der Waals surface area contributed by atoms with Crippen LogP contribution < -0.4 is 5.32 Å². The molecule has 0 aliphatic heterocycles. The van der Waals surface area contributed by atoms with Gasteiger partial charge in [-0.15, -0.1) is 0 Å². The Morgan fingerprint density at radius 2 is 1.83 bits per heavy atom. The summed E-state index contributed by atoms with van der Waals surface area (Å²) >= 11 is 5.89. The Labute approximate surface area is 112 Å². The van der Waals surface area contributed by atoms with Crippen LogP contribution in [0.1, 0.15) is 17.2 Å². The Hall–Kier alpha value is -1.35. The SMILES string of the molecule is OC(CNCc1ccccc1)c1cccc(Cl)c1. The van der Waals surface area contributed by atoms with Crippen molar-refractivity contribution in [2.24, 2.45) is 0 Å². The number of benzene rings is 2. The molecule has 0 saturated heterocycles. The zero-order valence-corrected chi connectivity index (χ0v) is 10.8. The van der Waals surface area contributed by atoms with Crippen molar-refractivity contribution in [3.05, 3.63) is 70.7 Å². The van der Waals surface area contributed by atoms with Crippen LogP contribution in [-0.2, 0) is 6.54 Å². The molecule has 0 aliphatic carbocycles. The molecule has 18 heavy (non-hydrogen) atoms. The Balaban J connectivity index is 1.83. The highest BCUT2D eigenvalue weighted by molar-refractivity contribution is 6.30. The van der Waals surface area contributed by atoms with Crippen molar-refractivity contribution in [1.29, 1.82) is 0 Å². The summed E-state index contributed by atoms with van der Waals surface area (Å²) in [4.78, 5) is 0. The van der Waals surface area contributed by atoms with Gasteiger partial charge >= 0.3 is 0 Å². The van der Waals surface area contributed by atoms with Gasteiger partial charge in [-0.2, -0.15) is 0 Å². The molecular formula is C15H16ClNO. The molecule has 0 radical (unpaired) electrons. The van der Waals surface area contributed by atoms with E-state index in [1.165, 1.54) is 5.56 Å². The van der Waals surface area contributed by atoms with Crippen molar-refractivity contribution < 1.29 is 5.11 Å². The van der Waals surface area contributed by atoms with Crippen LogP contribution in [0, 0.1) is 0 Å². The van der Waals surface area contributed by atoms with Gasteiger partial charge in [0.15, 0.2) is 0 Å². The number of halogens is 1. The van der Waals surface area contributed by atoms with Gasteiger partial charge in [0.05, 0.1) is 6.10 Å². The predicted molar refractivity (Wildman–Crippen MR) is 74.6 cm³/mol. The normalized spacial score (nSPS) is 12.3. The Bertz CT molecular complexity index is 487. The van der Waals surface area contributed by atoms with E-state index in [4.69, 9.17) is 11.6 Å². The van der Waals surface area contributed by atoms with E-state index in [1.54, 1.807) is 12.1 Å². The average Bonchev–Trinajstić information content (AvgIpc) is 2.40. The Kier molecular flexibility index (Phi) is 4.76. The fourth-order valence-corrected chi connectivity index (χ4v) is 1.98. The van der Waals surface area contributed by atoms with Gasteiger partial charge in [-0.05, 0) is 23.3 Å². The van der Waals surface area contributed by atoms with E-state index in [1.807, 2.05) is 30.3 Å². The van der Waals surface area contributed by atoms with E-state index < -0.39 is 6.10 Å². The lowest BCUT2D eigenvalue weighted by atomic mass is 10.1. The summed E-state index contributed by atoms with van der Waals surface area (Å²) in [7, 11) is 0.